The average molecular weight is 297 g/mol. The first kappa shape index (κ1) is 15.8. The number of carbonyl (C=O) groups is 2. The summed E-state index contributed by atoms with van der Waals surface area (Å²) in [7, 11) is 1.29. The molecule has 4 nitrogen and oxygen atoms in total. The van der Waals surface area contributed by atoms with Crippen LogP contribution in [-0.2, 0) is 9.53 Å². The molecule has 0 N–H and O–H groups in total. The van der Waals surface area contributed by atoms with Crippen molar-refractivity contribution < 1.29 is 14.3 Å². The van der Waals surface area contributed by atoms with Crippen molar-refractivity contribution in [2.24, 2.45) is 0 Å². The molecule has 1 heterocycles. The number of esters is 1. The lowest BCUT2D eigenvalue weighted by Gasteiger charge is -2.33. The lowest BCUT2D eigenvalue weighted by atomic mass is 9.97. The molecule has 1 aliphatic heterocycles. The van der Waals surface area contributed by atoms with Crippen LogP contribution in [0.15, 0.2) is 42.0 Å². The highest BCUT2D eigenvalue weighted by Gasteiger charge is 2.27. The van der Waals surface area contributed by atoms with Crippen LogP contribution in [0.4, 0.5) is 0 Å². The molecule has 22 heavy (non-hydrogen) atoms. The zero-order chi connectivity index (χ0) is 15.9. The van der Waals surface area contributed by atoms with E-state index in [4.69, 9.17) is 0 Å². The Morgan fingerprint density at radius 2 is 2.05 bits per heavy atom. The fourth-order valence-electron chi connectivity index (χ4n) is 2.48. The molecule has 0 radical (unpaired) electrons. The zero-order valence-corrected chi connectivity index (χ0v) is 12.8. The molecular formula is C18H19NO3. The molecule has 2 rings (SSSR count). The van der Waals surface area contributed by atoms with Crippen LogP contribution in [0.2, 0.25) is 0 Å². The molecule has 4 heteroatoms. The van der Waals surface area contributed by atoms with Gasteiger partial charge in [0.25, 0.3) is 5.91 Å². The van der Waals surface area contributed by atoms with Gasteiger partial charge in [0.2, 0.25) is 0 Å². The first-order chi connectivity index (χ1) is 10.7. The van der Waals surface area contributed by atoms with E-state index in [2.05, 4.69) is 22.7 Å². The minimum absolute atomic E-state index is 0.0659. The molecule has 0 aliphatic carbocycles. The fourth-order valence-corrected chi connectivity index (χ4v) is 2.48. The quantitative estimate of drug-likeness (QED) is 0.364. The summed E-state index contributed by atoms with van der Waals surface area (Å²) in [5.41, 5.74) is 1.69. The van der Waals surface area contributed by atoms with Gasteiger partial charge in [-0.15, -0.1) is 0 Å². The number of nitrogens with zero attached hydrogens (tertiary/aromatic N) is 1. The van der Waals surface area contributed by atoms with Crippen molar-refractivity contribution in [1.82, 2.24) is 4.90 Å². The highest BCUT2D eigenvalue weighted by atomic mass is 16.5. The van der Waals surface area contributed by atoms with Crippen LogP contribution in [-0.4, -0.2) is 36.5 Å². The number of amides is 1. The van der Waals surface area contributed by atoms with Gasteiger partial charge in [-0.25, -0.2) is 4.79 Å². The van der Waals surface area contributed by atoms with Crippen LogP contribution in [0, 0.1) is 11.8 Å². The van der Waals surface area contributed by atoms with Gasteiger partial charge in [-0.05, 0) is 30.5 Å². The van der Waals surface area contributed by atoms with Gasteiger partial charge in [0.1, 0.15) is 6.04 Å². The maximum atomic E-state index is 12.7. The molecule has 1 unspecified atom stereocenters. The maximum Gasteiger partial charge on any atom is 0.384 e. The van der Waals surface area contributed by atoms with Crippen LogP contribution in [0.5, 0.6) is 0 Å². The van der Waals surface area contributed by atoms with Gasteiger partial charge >= 0.3 is 5.97 Å². The van der Waals surface area contributed by atoms with Crippen LogP contribution < -0.4 is 0 Å². The molecular weight excluding hydrogens is 278 g/mol. The standard InChI is InChI=1S/C18H19NO3/c1-3-14-10-7-13-19(16(14)11-12-17(20)22-2)18(21)15-8-5-4-6-9-15/h4-6,8-10,16H,3,7,13H2,1-2H3. The third-order valence-corrected chi connectivity index (χ3v) is 3.63. The Morgan fingerprint density at radius 3 is 2.68 bits per heavy atom. The zero-order valence-electron chi connectivity index (χ0n) is 12.8. The predicted molar refractivity (Wildman–Crippen MR) is 84.0 cm³/mol. The summed E-state index contributed by atoms with van der Waals surface area (Å²) in [4.78, 5) is 25.7. The second-order valence-electron chi connectivity index (χ2n) is 4.95. The summed E-state index contributed by atoms with van der Waals surface area (Å²) < 4.78 is 4.56. The molecule has 1 aliphatic rings. The van der Waals surface area contributed by atoms with E-state index in [1.165, 1.54) is 7.11 Å². The second kappa shape index (κ2) is 7.46. The highest BCUT2D eigenvalue weighted by molar-refractivity contribution is 5.95. The van der Waals surface area contributed by atoms with E-state index < -0.39 is 5.97 Å². The van der Waals surface area contributed by atoms with E-state index >= 15 is 0 Å². The van der Waals surface area contributed by atoms with Crippen molar-refractivity contribution in [2.75, 3.05) is 13.7 Å². The van der Waals surface area contributed by atoms with E-state index in [1.807, 2.05) is 25.1 Å². The molecule has 0 saturated carbocycles. The monoisotopic (exact) mass is 297 g/mol. The number of hydrogen-bond donors (Lipinski definition) is 0. The fraction of sp³-hybridized carbons (Fsp3) is 0.333. The topological polar surface area (TPSA) is 46.6 Å². The van der Waals surface area contributed by atoms with Crippen LogP contribution >= 0.6 is 0 Å². The molecule has 0 saturated heterocycles. The lowest BCUT2D eigenvalue weighted by molar-refractivity contribution is -0.133. The Balaban J connectivity index is 2.31. The van der Waals surface area contributed by atoms with Crippen molar-refractivity contribution in [3.05, 3.63) is 47.5 Å². The van der Waals surface area contributed by atoms with Crippen molar-refractivity contribution in [3.8, 4) is 11.8 Å². The van der Waals surface area contributed by atoms with Gasteiger partial charge in [0, 0.05) is 18.0 Å². The molecule has 0 aromatic heterocycles. The van der Waals surface area contributed by atoms with E-state index in [-0.39, 0.29) is 11.9 Å². The minimum atomic E-state index is -0.590. The van der Waals surface area contributed by atoms with E-state index in [1.54, 1.807) is 17.0 Å². The smallest absolute Gasteiger partial charge is 0.384 e. The second-order valence-corrected chi connectivity index (χ2v) is 4.95. The molecule has 0 spiro atoms. The molecule has 0 fully saturated rings. The largest absolute Gasteiger partial charge is 0.459 e. The Labute approximate surface area is 130 Å². The summed E-state index contributed by atoms with van der Waals surface area (Å²) >= 11 is 0. The first-order valence-electron chi connectivity index (χ1n) is 7.31. The Bertz CT molecular complexity index is 637. The van der Waals surface area contributed by atoms with Gasteiger partial charge in [-0.2, -0.15) is 0 Å². The molecule has 1 atom stereocenters. The number of rotatable bonds is 2. The predicted octanol–water partition coefficient (Wildman–Crippen LogP) is 2.41. The molecule has 1 aromatic rings. The summed E-state index contributed by atoms with van der Waals surface area (Å²) in [6.45, 7) is 2.62. The van der Waals surface area contributed by atoms with Gasteiger partial charge < -0.3 is 9.64 Å². The van der Waals surface area contributed by atoms with Crippen molar-refractivity contribution >= 4 is 11.9 Å². The van der Waals surface area contributed by atoms with Gasteiger partial charge in [-0.1, -0.05) is 37.1 Å². The van der Waals surface area contributed by atoms with E-state index in [9.17, 15) is 9.59 Å². The van der Waals surface area contributed by atoms with Gasteiger partial charge in [0.05, 0.1) is 7.11 Å². The van der Waals surface area contributed by atoms with Crippen LogP contribution in [0.3, 0.4) is 0 Å². The number of carbonyl (C=O) groups excluding carboxylic acids is 2. The highest BCUT2D eigenvalue weighted by Crippen LogP contribution is 2.22. The number of methoxy groups -OCH3 is 1. The Hall–Kier alpha value is -2.54. The van der Waals surface area contributed by atoms with Crippen molar-refractivity contribution in [1.29, 1.82) is 0 Å². The summed E-state index contributed by atoms with van der Waals surface area (Å²) in [5, 5.41) is 0. The summed E-state index contributed by atoms with van der Waals surface area (Å²) in [5.74, 6) is 4.69. The molecule has 114 valence electrons. The van der Waals surface area contributed by atoms with Gasteiger partial charge in [0.15, 0.2) is 0 Å². The molecule has 1 amide bonds. The Kier molecular flexibility index (Phi) is 5.37. The maximum absolute atomic E-state index is 12.7. The molecule has 0 bridgehead atoms. The normalized spacial score (nSPS) is 17.1. The third kappa shape index (κ3) is 3.56. The summed E-state index contributed by atoms with van der Waals surface area (Å²) in [6.07, 6.45) is 3.70. The van der Waals surface area contributed by atoms with Crippen LogP contribution in [0.25, 0.3) is 0 Å². The molecule has 1 aromatic carbocycles. The van der Waals surface area contributed by atoms with E-state index in [0.717, 1.165) is 18.4 Å². The number of hydrogen-bond acceptors (Lipinski definition) is 3. The number of ether oxygens (including phenoxy) is 1. The van der Waals surface area contributed by atoms with Crippen molar-refractivity contribution in [2.45, 2.75) is 25.8 Å². The minimum Gasteiger partial charge on any atom is -0.459 e. The van der Waals surface area contributed by atoms with Crippen LogP contribution in [0.1, 0.15) is 30.1 Å². The van der Waals surface area contributed by atoms with Gasteiger partial charge in [-0.3, -0.25) is 4.79 Å². The summed E-state index contributed by atoms with van der Waals surface area (Å²) in [6, 6.07) is 8.75. The Morgan fingerprint density at radius 1 is 1.32 bits per heavy atom. The average Bonchev–Trinajstić information content (AvgIpc) is 2.59. The lowest BCUT2D eigenvalue weighted by Crippen LogP contribution is -2.43. The van der Waals surface area contributed by atoms with Crippen molar-refractivity contribution in [3.63, 3.8) is 0 Å². The SMILES string of the molecule is CCC1=CCCN(C(=O)c2ccccc2)C1C#CC(=O)OC. The third-order valence-electron chi connectivity index (χ3n) is 3.63. The van der Waals surface area contributed by atoms with E-state index in [0.29, 0.717) is 12.1 Å². The first-order valence-corrected chi connectivity index (χ1v) is 7.31. The number of benzene rings is 1.